The van der Waals surface area contributed by atoms with E-state index in [0.717, 1.165) is 17.3 Å². The van der Waals surface area contributed by atoms with Gasteiger partial charge in [0.1, 0.15) is 11.2 Å². The Kier molecular flexibility index (Phi) is 2.04. The Hall–Kier alpha value is -2.24. The molecule has 0 spiro atoms. The Morgan fingerprint density at radius 3 is 2.95 bits per heavy atom. The fourth-order valence-electron chi connectivity index (χ4n) is 2.53. The SMILES string of the molecule is Nc1ncc2c3ccnc(F)c3n(CC3CC3)c2n1. The van der Waals surface area contributed by atoms with Crippen LogP contribution in [0, 0.1) is 11.9 Å². The number of aromatic nitrogens is 4. The van der Waals surface area contributed by atoms with E-state index in [1.54, 1.807) is 12.3 Å². The van der Waals surface area contributed by atoms with Crippen molar-refractivity contribution in [3.8, 4) is 0 Å². The second-order valence-corrected chi connectivity index (χ2v) is 5.02. The van der Waals surface area contributed by atoms with Crippen molar-refractivity contribution < 1.29 is 4.39 Å². The molecule has 0 bridgehead atoms. The fourth-order valence-corrected chi connectivity index (χ4v) is 2.53. The van der Waals surface area contributed by atoms with E-state index in [1.807, 2.05) is 4.57 Å². The van der Waals surface area contributed by atoms with Crippen LogP contribution in [0.4, 0.5) is 10.3 Å². The van der Waals surface area contributed by atoms with Crippen molar-refractivity contribution in [2.45, 2.75) is 19.4 Å². The van der Waals surface area contributed by atoms with Crippen LogP contribution < -0.4 is 5.73 Å². The molecule has 0 unspecified atom stereocenters. The lowest BCUT2D eigenvalue weighted by Gasteiger charge is -2.05. The Morgan fingerprint density at radius 2 is 2.16 bits per heavy atom. The number of halogens is 1. The van der Waals surface area contributed by atoms with Crippen LogP contribution in [0.15, 0.2) is 18.5 Å². The van der Waals surface area contributed by atoms with Crippen molar-refractivity contribution in [3.05, 3.63) is 24.4 Å². The summed E-state index contributed by atoms with van der Waals surface area (Å²) >= 11 is 0. The van der Waals surface area contributed by atoms with Gasteiger partial charge in [-0.2, -0.15) is 9.37 Å². The molecule has 19 heavy (non-hydrogen) atoms. The molecule has 0 saturated heterocycles. The van der Waals surface area contributed by atoms with Gasteiger partial charge in [-0.25, -0.2) is 9.97 Å². The highest BCUT2D eigenvalue weighted by atomic mass is 19.1. The highest BCUT2D eigenvalue weighted by Gasteiger charge is 2.25. The molecular formula is C13H12FN5. The average Bonchev–Trinajstić information content (AvgIpc) is 3.15. The molecule has 1 fully saturated rings. The summed E-state index contributed by atoms with van der Waals surface area (Å²) in [5.41, 5.74) is 6.85. The Labute approximate surface area is 108 Å². The van der Waals surface area contributed by atoms with Crippen LogP contribution in [0.2, 0.25) is 0 Å². The van der Waals surface area contributed by atoms with Crippen molar-refractivity contribution in [1.82, 2.24) is 19.5 Å². The monoisotopic (exact) mass is 257 g/mol. The van der Waals surface area contributed by atoms with Crippen molar-refractivity contribution in [3.63, 3.8) is 0 Å². The highest BCUT2D eigenvalue weighted by molar-refractivity contribution is 6.06. The summed E-state index contributed by atoms with van der Waals surface area (Å²) < 4.78 is 15.9. The second kappa shape index (κ2) is 3.63. The molecule has 0 radical (unpaired) electrons. The molecule has 1 aliphatic carbocycles. The molecule has 96 valence electrons. The zero-order chi connectivity index (χ0) is 13.0. The molecule has 3 heterocycles. The molecule has 6 heteroatoms. The normalized spacial score (nSPS) is 15.4. The summed E-state index contributed by atoms with van der Waals surface area (Å²) in [4.78, 5) is 12.0. The van der Waals surface area contributed by atoms with E-state index in [1.165, 1.54) is 19.0 Å². The van der Waals surface area contributed by atoms with Gasteiger partial charge in [0, 0.05) is 29.7 Å². The molecule has 5 nitrogen and oxygen atoms in total. The van der Waals surface area contributed by atoms with E-state index in [2.05, 4.69) is 15.0 Å². The zero-order valence-corrected chi connectivity index (χ0v) is 10.2. The summed E-state index contributed by atoms with van der Waals surface area (Å²) in [6.45, 7) is 0.763. The number of nitrogen functional groups attached to an aromatic ring is 1. The van der Waals surface area contributed by atoms with Gasteiger partial charge in [-0.3, -0.25) is 0 Å². The number of anilines is 1. The van der Waals surface area contributed by atoms with Crippen LogP contribution in [0.1, 0.15) is 12.8 Å². The Balaban J connectivity index is 2.13. The lowest BCUT2D eigenvalue weighted by molar-refractivity contribution is 0.576. The maximum atomic E-state index is 14.0. The smallest absolute Gasteiger partial charge is 0.237 e. The number of rotatable bonds is 2. The predicted molar refractivity (Wildman–Crippen MR) is 69.9 cm³/mol. The summed E-state index contributed by atoms with van der Waals surface area (Å²) in [6.07, 6.45) is 5.49. The van der Waals surface area contributed by atoms with Crippen LogP contribution >= 0.6 is 0 Å². The van der Waals surface area contributed by atoms with Crippen molar-refractivity contribution in [2.24, 2.45) is 5.92 Å². The van der Waals surface area contributed by atoms with Crippen LogP contribution in [0.3, 0.4) is 0 Å². The minimum Gasteiger partial charge on any atom is -0.368 e. The van der Waals surface area contributed by atoms with E-state index in [4.69, 9.17) is 5.73 Å². The molecule has 0 atom stereocenters. The van der Waals surface area contributed by atoms with Gasteiger partial charge in [0.25, 0.3) is 0 Å². The molecule has 0 amide bonds. The molecule has 1 aliphatic rings. The number of hydrogen-bond donors (Lipinski definition) is 1. The van der Waals surface area contributed by atoms with Gasteiger partial charge in [-0.15, -0.1) is 0 Å². The summed E-state index contributed by atoms with van der Waals surface area (Å²) in [5, 5.41) is 1.62. The molecule has 3 aromatic heterocycles. The first kappa shape index (κ1) is 10.7. The van der Waals surface area contributed by atoms with Crippen LogP contribution in [0.25, 0.3) is 21.9 Å². The fraction of sp³-hybridized carbons (Fsp3) is 0.308. The third kappa shape index (κ3) is 1.56. The molecule has 4 rings (SSSR count). The number of nitrogens with two attached hydrogens (primary N) is 1. The second-order valence-electron chi connectivity index (χ2n) is 5.02. The molecule has 0 aliphatic heterocycles. The van der Waals surface area contributed by atoms with E-state index in [-0.39, 0.29) is 5.95 Å². The third-order valence-corrected chi connectivity index (χ3v) is 3.62. The standard InChI is InChI=1S/C13H12FN5/c14-11-10-8(3-4-16-11)9-5-17-13(15)18-12(9)19(10)6-7-1-2-7/h3-5,7H,1-2,6H2,(H2,15,17,18). The van der Waals surface area contributed by atoms with Gasteiger partial charge in [-0.05, 0) is 24.8 Å². The Morgan fingerprint density at radius 1 is 1.32 bits per heavy atom. The topological polar surface area (TPSA) is 69.6 Å². The minimum atomic E-state index is -0.463. The van der Waals surface area contributed by atoms with E-state index in [9.17, 15) is 4.39 Å². The molecule has 0 aromatic carbocycles. The highest BCUT2D eigenvalue weighted by Crippen LogP contribution is 2.35. The molecule has 2 N–H and O–H groups in total. The lowest BCUT2D eigenvalue weighted by Crippen LogP contribution is -2.04. The summed E-state index contributed by atoms with van der Waals surface area (Å²) in [5.74, 6) is 0.352. The summed E-state index contributed by atoms with van der Waals surface area (Å²) in [7, 11) is 0. The number of nitrogens with zero attached hydrogens (tertiary/aromatic N) is 4. The molecular weight excluding hydrogens is 245 g/mol. The van der Waals surface area contributed by atoms with E-state index < -0.39 is 5.95 Å². The summed E-state index contributed by atoms with van der Waals surface area (Å²) in [6, 6.07) is 1.80. The lowest BCUT2D eigenvalue weighted by atomic mass is 10.2. The van der Waals surface area contributed by atoms with E-state index >= 15 is 0 Å². The van der Waals surface area contributed by atoms with Crippen molar-refractivity contribution in [1.29, 1.82) is 0 Å². The maximum Gasteiger partial charge on any atom is 0.237 e. The zero-order valence-electron chi connectivity index (χ0n) is 10.2. The van der Waals surface area contributed by atoms with Gasteiger partial charge in [0.2, 0.25) is 11.9 Å². The van der Waals surface area contributed by atoms with Gasteiger partial charge in [-0.1, -0.05) is 0 Å². The van der Waals surface area contributed by atoms with Crippen LogP contribution in [-0.2, 0) is 6.54 Å². The predicted octanol–water partition coefficient (Wildman–Crippen LogP) is 2.11. The largest absolute Gasteiger partial charge is 0.368 e. The maximum absolute atomic E-state index is 14.0. The van der Waals surface area contributed by atoms with Gasteiger partial charge < -0.3 is 10.3 Å². The number of fused-ring (bicyclic) bond motifs is 3. The van der Waals surface area contributed by atoms with Crippen LogP contribution in [-0.4, -0.2) is 19.5 Å². The number of pyridine rings is 1. The van der Waals surface area contributed by atoms with Gasteiger partial charge in [0.15, 0.2) is 0 Å². The van der Waals surface area contributed by atoms with Gasteiger partial charge >= 0.3 is 0 Å². The quantitative estimate of drug-likeness (QED) is 0.714. The van der Waals surface area contributed by atoms with Crippen molar-refractivity contribution >= 4 is 27.9 Å². The molecule has 1 saturated carbocycles. The molecule has 3 aromatic rings. The minimum absolute atomic E-state index is 0.209. The van der Waals surface area contributed by atoms with E-state index in [0.29, 0.717) is 17.1 Å². The third-order valence-electron chi connectivity index (χ3n) is 3.62. The number of hydrogen-bond acceptors (Lipinski definition) is 4. The van der Waals surface area contributed by atoms with Crippen molar-refractivity contribution in [2.75, 3.05) is 5.73 Å². The first-order valence-electron chi connectivity index (χ1n) is 6.29. The van der Waals surface area contributed by atoms with Gasteiger partial charge in [0.05, 0.1) is 0 Å². The first-order valence-corrected chi connectivity index (χ1v) is 6.29. The van der Waals surface area contributed by atoms with Crippen LogP contribution in [0.5, 0.6) is 0 Å². The average molecular weight is 257 g/mol. The Bertz CT molecular complexity index is 790. The first-order chi connectivity index (χ1) is 9.24.